The number of hydrogen-bond donors (Lipinski definition) is 0. The molecule has 0 radical (unpaired) electrons. The quantitative estimate of drug-likeness (QED) is 0.536. The zero-order chi connectivity index (χ0) is 8.16. The Hall–Kier alpha value is -0.810. The second-order valence-electron chi connectivity index (χ2n) is 3.23. The Morgan fingerprint density at radius 1 is 1.45 bits per heavy atom. The number of allylic oxidation sites excluding steroid dienone is 2. The van der Waals surface area contributed by atoms with Crippen molar-refractivity contribution in [1.82, 2.24) is 0 Å². The smallest absolute Gasteiger partial charge is 0.0908 e. The van der Waals surface area contributed by atoms with E-state index in [1.54, 1.807) is 6.08 Å². The third-order valence-electron chi connectivity index (χ3n) is 2.20. The summed E-state index contributed by atoms with van der Waals surface area (Å²) in [6.07, 6.45) is 5.64. The Morgan fingerprint density at radius 3 is 2.64 bits per heavy atom. The van der Waals surface area contributed by atoms with Gasteiger partial charge >= 0.3 is 0 Å². The van der Waals surface area contributed by atoms with Gasteiger partial charge < -0.3 is 4.74 Å². The molecule has 0 spiro atoms. The molecule has 0 N–H and O–H groups in total. The molecule has 2 nitrogen and oxygen atoms in total. The predicted molar refractivity (Wildman–Crippen MR) is 42.9 cm³/mol. The van der Waals surface area contributed by atoms with E-state index in [1.807, 2.05) is 12.1 Å². The van der Waals surface area contributed by atoms with Crippen LogP contribution in [-0.4, -0.2) is 13.2 Å². The summed E-state index contributed by atoms with van der Waals surface area (Å²) in [6, 6.07) is 2.02. The van der Waals surface area contributed by atoms with Crippen molar-refractivity contribution in [1.29, 1.82) is 5.26 Å². The van der Waals surface area contributed by atoms with Crippen LogP contribution in [0.25, 0.3) is 0 Å². The molecule has 0 saturated carbocycles. The van der Waals surface area contributed by atoms with Gasteiger partial charge in [0.1, 0.15) is 0 Å². The fourth-order valence-electron chi connectivity index (χ4n) is 1.24. The highest BCUT2D eigenvalue weighted by atomic mass is 16.5. The van der Waals surface area contributed by atoms with E-state index in [2.05, 4.69) is 6.92 Å². The van der Waals surface area contributed by atoms with E-state index in [0.29, 0.717) is 0 Å². The van der Waals surface area contributed by atoms with Gasteiger partial charge in [-0.25, -0.2) is 0 Å². The summed E-state index contributed by atoms with van der Waals surface area (Å²) in [5.74, 6) is 0. The van der Waals surface area contributed by atoms with Crippen molar-refractivity contribution >= 4 is 0 Å². The van der Waals surface area contributed by atoms with Crippen LogP contribution in [0.15, 0.2) is 12.2 Å². The zero-order valence-electron chi connectivity index (χ0n) is 6.84. The molecule has 11 heavy (non-hydrogen) atoms. The van der Waals surface area contributed by atoms with Crippen molar-refractivity contribution in [2.45, 2.75) is 19.8 Å². The number of rotatable bonds is 1. The van der Waals surface area contributed by atoms with Gasteiger partial charge in [-0.05, 0) is 18.3 Å². The van der Waals surface area contributed by atoms with Crippen LogP contribution in [0.4, 0.5) is 0 Å². The van der Waals surface area contributed by atoms with Crippen LogP contribution in [0.1, 0.15) is 19.8 Å². The zero-order valence-corrected chi connectivity index (χ0v) is 6.84. The van der Waals surface area contributed by atoms with Crippen molar-refractivity contribution in [2.75, 3.05) is 13.2 Å². The number of ether oxygens (including phenoxy) is 1. The summed E-state index contributed by atoms with van der Waals surface area (Å²) >= 11 is 0. The van der Waals surface area contributed by atoms with Crippen molar-refractivity contribution in [3.63, 3.8) is 0 Å². The van der Waals surface area contributed by atoms with Crippen LogP contribution in [0.5, 0.6) is 0 Å². The lowest BCUT2D eigenvalue weighted by Gasteiger charge is -2.29. The van der Waals surface area contributed by atoms with E-state index in [4.69, 9.17) is 10.00 Å². The molecule has 0 aromatic rings. The van der Waals surface area contributed by atoms with Crippen LogP contribution in [-0.2, 0) is 4.74 Å². The van der Waals surface area contributed by atoms with Gasteiger partial charge in [-0.15, -0.1) is 0 Å². The monoisotopic (exact) mass is 151 g/mol. The standard InChI is InChI=1S/C9H13NO/c1-9(3-2-6-10)4-7-11-8-5-9/h2-3H,4-5,7-8H2,1H3. The van der Waals surface area contributed by atoms with E-state index >= 15 is 0 Å². The van der Waals surface area contributed by atoms with E-state index in [-0.39, 0.29) is 5.41 Å². The van der Waals surface area contributed by atoms with Gasteiger partial charge in [-0.3, -0.25) is 0 Å². The van der Waals surface area contributed by atoms with Gasteiger partial charge in [-0.2, -0.15) is 5.26 Å². The van der Waals surface area contributed by atoms with Crippen LogP contribution in [0.3, 0.4) is 0 Å². The third kappa shape index (κ3) is 2.36. The molecule has 2 heteroatoms. The van der Waals surface area contributed by atoms with Crippen molar-refractivity contribution in [3.8, 4) is 6.07 Å². The predicted octanol–water partition coefficient (Wildman–Crippen LogP) is 1.88. The fourth-order valence-corrected chi connectivity index (χ4v) is 1.24. The molecule has 0 unspecified atom stereocenters. The summed E-state index contributed by atoms with van der Waals surface area (Å²) in [5, 5.41) is 8.34. The average Bonchev–Trinajstić information content (AvgIpc) is 2.03. The van der Waals surface area contributed by atoms with Gasteiger partial charge in [0.2, 0.25) is 0 Å². The molecule has 0 amide bonds. The van der Waals surface area contributed by atoms with Gasteiger partial charge in [0, 0.05) is 19.3 Å². The minimum atomic E-state index is 0.202. The molecule has 60 valence electrons. The molecule has 1 heterocycles. The van der Waals surface area contributed by atoms with Crippen LogP contribution < -0.4 is 0 Å². The Kier molecular flexibility index (Phi) is 2.67. The molecule has 0 aromatic carbocycles. The van der Waals surface area contributed by atoms with Gasteiger partial charge in [-0.1, -0.05) is 13.0 Å². The van der Waals surface area contributed by atoms with Crippen molar-refractivity contribution < 1.29 is 4.74 Å². The van der Waals surface area contributed by atoms with Gasteiger partial charge in [0.25, 0.3) is 0 Å². The van der Waals surface area contributed by atoms with E-state index in [9.17, 15) is 0 Å². The largest absolute Gasteiger partial charge is 0.381 e. The van der Waals surface area contributed by atoms with Crippen LogP contribution in [0.2, 0.25) is 0 Å². The molecule has 1 aliphatic rings. The maximum Gasteiger partial charge on any atom is 0.0908 e. The molecule has 1 saturated heterocycles. The minimum absolute atomic E-state index is 0.202. The van der Waals surface area contributed by atoms with E-state index in [1.165, 1.54) is 0 Å². The van der Waals surface area contributed by atoms with E-state index < -0.39 is 0 Å². The van der Waals surface area contributed by atoms with E-state index in [0.717, 1.165) is 26.1 Å². The first kappa shape index (κ1) is 8.29. The van der Waals surface area contributed by atoms with Crippen LogP contribution in [0, 0.1) is 16.7 Å². The molecule has 0 aromatic heterocycles. The Labute approximate surface area is 67.5 Å². The first-order valence-electron chi connectivity index (χ1n) is 3.92. The molecule has 1 fully saturated rings. The normalized spacial score (nSPS) is 23.3. The number of hydrogen-bond acceptors (Lipinski definition) is 2. The lowest BCUT2D eigenvalue weighted by molar-refractivity contribution is 0.0450. The van der Waals surface area contributed by atoms with Crippen molar-refractivity contribution in [2.24, 2.45) is 5.41 Å². The summed E-state index contributed by atoms with van der Waals surface area (Å²) in [5.41, 5.74) is 0.202. The maximum absolute atomic E-state index is 8.34. The maximum atomic E-state index is 8.34. The summed E-state index contributed by atoms with van der Waals surface area (Å²) in [6.45, 7) is 3.82. The molecule has 1 rings (SSSR count). The fraction of sp³-hybridized carbons (Fsp3) is 0.667. The third-order valence-corrected chi connectivity index (χ3v) is 2.20. The first-order valence-corrected chi connectivity index (χ1v) is 3.92. The molecule has 1 aliphatic heterocycles. The van der Waals surface area contributed by atoms with Crippen molar-refractivity contribution in [3.05, 3.63) is 12.2 Å². The summed E-state index contributed by atoms with van der Waals surface area (Å²) in [4.78, 5) is 0. The molecular weight excluding hydrogens is 138 g/mol. The van der Waals surface area contributed by atoms with Crippen LogP contribution >= 0.6 is 0 Å². The molecule has 0 bridgehead atoms. The number of nitriles is 1. The van der Waals surface area contributed by atoms with Gasteiger partial charge in [0.05, 0.1) is 6.07 Å². The minimum Gasteiger partial charge on any atom is -0.381 e. The first-order chi connectivity index (χ1) is 5.27. The summed E-state index contributed by atoms with van der Waals surface area (Å²) in [7, 11) is 0. The summed E-state index contributed by atoms with van der Waals surface area (Å²) < 4.78 is 5.23. The molecule has 0 aliphatic carbocycles. The highest BCUT2D eigenvalue weighted by molar-refractivity contribution is 5.08. The Morgan fingerprint density at radius 2 is 2.09 bits per heavy atom. The number of nitrogens with zero attached hydrogens (tertiary/aromatic N) is 1. The molecule has 0 atom stereocenters. The second-order valence-corrected chi connectivity index (χ2v) is 3.23. The second kappa shape index (κ2) is 3.54. The lowest BCUT2D eigenvalue weighted by Crippen LogP contribution is -2.24. The van der Waals surface area contributed by atoms with Gasteiger partial charge in [0.15, 0.2) is 0 Å². The highest BCUT2D eigenvalue weighted by Gasteiger charge is 2.23. The Balaban J connectivity index is 2.51. The molecular formula is C9H13NO. The SMILES string of the molecule is CC1(C=CC#N)CCOCC1. The average molecular weight is 151 g/mol. The Bertz CT molecular complexity index is 184. The highest BCUT2D eigenvalue weighted by Crippen LogP contribution is 2.30. The topological polar surface area (TPSA) is 33.0 Å². The lowest BCUT2D eigenvalue weighted by atomic mass is 9.82.